The number of fused-ring (bicyclic) bond motifs is 1. The van der Waals surface area contributed by atoms with E-state index in [1.165, 1.54) is 0 Å². The SMILES string of the molecule is NC1CCN(NC(=O)C2CC(O)c3cc(Cl)ccc3O2)CC1. The van der Waals surface area contributed by atoms with Crippen LogP contribution in [0.2, 0.25) is 5.02 Å². The quantitative estimate of drug-likeness (QED) is 0.754. The highest BCUT2D eigenvalue weighted by molar-refractivity contribution is 6.30. The van der Waals surface area contributed by atoms with Gasteiger partial charge in [0.2, 0.25) is 0 Å². The second-order valence-corrected chi connectivity index (χ2v) is 6.28. The average molecular weight is 326 g/mol. The van der Waals surface area contributed by atoms with Gasteiger partial charge in [0.1, 0.15) is 5.75 Å². The van der Waals surface area contributed by atoms with Gasteiger partial charge in [-0.3, -0.25) is 10.2 Å². The lowest BCUT2D eigenvalue weighted by atomic mass is 9.99. The monoisotopic (exact) mass is 325 g/mol. The molecule has 0 radical (unpaired) electrons. The number of carbonyl (C=O) groups is 1. The number of ether oxygens (including phenoxy) is 1. The Morgan fingerprint density at radius 3 is 2.86 bits per heavy atom. The highest BCUT2D eigenvalue weighted by atomic mass is 35.5. The lowest BCUT2D eigenvalue weighted by Gasteiger charge is -2.33. The molecule has 22 heavy (non-hydrogen) atoms. The number of rotatable bonds is 2. The Morgan fingerprint density at radius 1 is 1.41 bits per heavy atom. The molecule has 6 nitrogen and oxygen atoms in total. The Kier molecular flexibility index (Phi) is 4.54. The smallest absolute Gasteiger partial charge is 0.275 e. The van der Waals surface area contributed by atoms with Crippen molar-refractivity contribution >= 4 is 17.5 Å². The van der Waals surface area contributed by atoms with Crippen LogP contribution in [0.5, 0.6) is 5.75 Å². The first-order valence-corrected chi connectivity index (χ1v) is 7.86. The zero-order valence-corrected chi connectivity index (χ0v) is 12.9. The highest BCUT2D eigenvalue weighted by Crippen LogP contribution is 2.36. The molecule has 2 atom stereocenters. The van der Waals surface area contributed by atoms with Crippen LogP contribution in [-0.4, -0.2) is 41.3 Å². The molecule has 4 N–H and O–H groups in total. The van der Waals surface area contributed by atoms with Crippen molar-refractivity contribution in [1.82, 2.24) is 10.4 Å². The molecular formula is C15H20ClN3O3. The van der Waals surface area contributed by atoms with Crippen LogP contribution in [0.1, 0.15) is 30.9 Å². The van der Waals surface area contributed by atoms with Gasteiger partial charge in [-0.15, -0.1) is 0 Å². The summed E-state index contributed by atoms with van der Waals surface area (Å²) >= 11 is 5.92. The zero-order chi connectivity index (χ0) is 15.7. The Bertz CT molecular complexity index is 561. The number of hydrogen-bond donors (Lipinski definition) is 3. The van der Waals surface area contributed by atoms with Gasteiger partial charge in [-0.05, 0) is 31.0 Å². The maximum atomic E-state index is 12.3. The van der Waals surface area contributed by atoms with E-state index in [-0.39, 0.29) is 18.4 Å². The molecule has 0 saturated carbocycles. The number of nitrogens with two attached hydrogens (primary N) is 1. The number of piperidine rings is 1. The number of carbonyl (C=O) groups excluding carboxylic acids is 1. The van der Waals surface area contributed by atoms with Crippen LogP contribution in [0.3, 0.4) is 0 Å². The minimum Gasteiger partial charge on any atom is -0.480 e. The van der Waals surface area contributed by atoms with Crippen LogP contribution in [0.4, 0.5) is 0 Å². The summed E-state index contributed by atoms with van der Waals surface area (Å²) < 4.78 is 5.70. The van der Waals surface area contributed by atoms with Crippen LogP contribution < -0.4 is 15.9 Å². The number of nitrogens with zero attached hydrogens (tertiary/aromatic N) is 1. The van der Waals surface area contributed by atoms with Crippen molar-refractivity contribution in [3.8, 4) is 5.75 Å². The van der Waals surface area contributed by atoms with Crippen LogP contribution in [0.25, 0.3) is 0 Å². The van der Waals surface area contributed by atoms with Gasteiger partial charge in [-0.1, -0.05) is 11.6 Å². The third-order valence-corrected chi connectivity index (χ3v) is 4.37. The van der Waals surface area contributed by atoms with Gasteiger partial charge in [-0.25, -0.2) is 5.01 Å². The van der Waals surface area contributed by atoms with Crippen molar-refractivity contribution in [3.05, 3.63) is 28.8 Å². The van der Waals surface area contributed by atoms with E-state index in [1.54, 1.807) is 18.2 Å². The van der Waals surface area contributed by atoms with Gasteiger partial charge in [0.15, 0.2) is 6.10 Å². The van der Waals surface area contributed by atoms with Crippen molar-refractivity contribution in [2.75, 3.05) is 13.1 Å². The first-order valence-electron chi connectivity index (χ1n) is 7.48. The molecule has 2 unspecified atom stereocenters. The summed E-state index contributed by atoms with van der Waals surface area (Å²) in [6.07, 6.45) is 0.463. The molecule has 1 aromatic carbocycles. The first-order chi connectivity index (χ1) is 10.5. The number of hydrogen-bond acceptors (Lipinski definition) is 5. The topological polar surface area (TPSA) is 87.8 Å². The van der Waals surface area contributed by atoms with Gasteiger partial charge < -0.3 is 15.6 Å². The summed E-state index contributed by atoms with van der Waals surface area (Å²) in [5.74, 6) is 0.263. The van der Waals surface area contributed by atoms with Crippen molar-refractivity contribution in [3.63, 3.8) is 0 Å². The number of amides is 1. The summed E-state index contributed by atoms with van der Waals surface area (Å²) in [5.41, 5.74) is 9.32. The molecule has 7 heteroatoms. The summed E-state index contributed by atoms with van der Waals surface area (Å²) in [6, 6.07) is 5.24. The molecule has 0 aliphatic carbocycles. The fourth-order valence-electron chi connectivity index (χ4n) is 2.82. The number of nitrogens with one attached hydrogen (secondary N) is 1. The van der Waals surface area contributed by atoms with Crippen LogP contribution in [-0.2, 0) is 4.79 Å². The van der Waals surface area contributed by atoms with Crippen LogP contribution in [0, 0.1) is 0 Å². The van der Waals surface area contributed by atoms with E-state index in [9.17, 15) is 9.90 Å². The molecule has 2 aliphatic heterocycles. The zero-order valence-electron chi connectivity index (χ0n) is 12.2. The number of halogens is 1. The van der Waals surface area contributed by atoms with E-state index in [4.69, 9.17) is 22.1 Å². The molecule has 3 rings (SSSR count). The number of aliphatic hydroxyl groups is 1. The van der Waals surface area contributed by atoms with E-state index >= 15 is 0 Å². The van der Waals surface area contributed by atoms with Crippen LogP contribution >= 0.6 is 11.6 Å². The lowest BCUT2D eigenvalue weighted by molar-refractivity contribution is -0.136. The average Bonchev–Trinajstić information content (AvgIpc) is 2.50. The Morgan fingerprint density at radius 2 is 2.14 bits per heavy atom. The molecule has 120 valence electrons. The third-order valence-electron chi connectivity index (χ3n) is 4.14. The van der Waals surface area contributed by atoms with E-state index in [0.29, 0.717) is 16.3 Å². The fourth-order valence-corrected chi connectivity index (χ4v) is 3.00. The minimum absolute atomic E-state index is 0.206. The molecule has 0 aromatic heterocycles. The number of benzene rings is 1. The second-order valence-electron chi connectivity index (χ2n) is 5.84. The highest BCUT2D eigenvalue weighted by Gasteiger charge is 2.33. The second kappa shape index (κ2) is 6.42. The van der Waals surface area contributed by atoms with E-state index in [2.05, 4.69) is 5.43 Å². The van der Waals surface area contributed by atoms with Crippen molar-refractivity contribution in [2.45, 2.75) is 37.5 Å². The Labute approximate surface area is 134 Å². The van der Waals surface area contributed by atoms with Crippen molar-refractivity contribution in [1.29, 1.82) is 0 Å². The molecule has 2 heterocycles. The standard InChI is InChI=1S/C15H20ClN3O3/c16-9-1-2-13-11(7-9)12(20)8-14(22-13)15(21)18-19-5-3-10(17)4-6-19/h1-2,7,10,12,14,20H,3-6,8,17H2,(H,18,21). The summed E-state index contributed by atoms with van der Waals surface area (Å²) in [7, 11) is 0. The first kappa shape index (κ1) is 15.6. The number of hydrazine groups is 1. The summed E-state index contributed by atoms with van der Waals surface area (Å²) in [5, 5.41) is 12.6. The van der Waals surface area contributed by atoms with Gasteiger partial charge in [-0.2, -0.15) is 0 Å². The molecule has 1 fully saturated rings. The maximum Gasteiger partial charge on any atom is 0.275 e. The van der Waals surface area contributed by atoms with Gasteiger partial charge in [0.25, 0.3) is 5.91 Å². The molecular weight excluding hydrogens is 306 g/mol. The normalized spacial score (nSPS) is 26.1. The van der Waals surface area contributed by atoms with E-state index in [1.807, 2.05) is 5.01 Å². The molecule has 0 spiro atoms. The van der Waals surface area contributed by atoms with Crippen LogP contribution in [0.15, 0.2) is 18.2 Å². The third kappa shape index (κ3) is 3.35. The van der Waals surface area contributed by atoms with Gasteiger partial charge in [0.05, 0.1) is 6.10 Å². The fraction of sp³-hybridized carbons (Fsp3) is 0.533. The molecule has 0 bridgehead atoms. The molecule has 2 aliphatic rings. The minimum atomic E-state index is -0.757. The van der Waals surface area contributed by atoms with Crippen molar-refractivity contribution < 1.29 is 14.6 Å². The Balaban J connectivity index is 1.63. The van der Waals surface area contributed by atoms with E-state index in [0.717, 1.165) is 25.9 Å². The molecule has 1 aromatic rings. The van der Waals surface area contributed by atoms with E-state index < -0.39 is 12.2 Å². The largest absolute Gasteiger partial charge is 0.480 e. The maximum absolute atomic E-state index is 12.3. The van der Waals surface area contributed by atoms with Gasteiger partial charge >= 0.3 is 0 Å². The number of aliphatic hydroxyl groups excluding tert-OH is 1. The predicted octanol–water partition coefficient (Wildman–Crippen LogP) is 0.979. The molecule has 1 saturated heterocycles. The summed E-state index contributed by atoms with van der Waals surface area (Å²) in [6.45, 7) is 1.46. The van der Waals surface area contributed by atoms with Gasteiger partial charge in [0, 0.05) is 36.1 Å². The molecule has 1 amide bonds. The Hall–Kier alpha value is -1.34. The van der Waals surface area contributed by atoms with Crippen molar-refractivity contribution in [2.24, 2.45) is 5.73 Å². The lowest BCUT2D eigenvalue weighted by Crippen LogP contribution is -2.53. The summed E-state index contributed by atoms with van der Waals surface area (Å²) in [4.78, 5) is 12.3. The predicted molar refractivity (Wildman–Crippen MR) is 82.4 cm³/mol.